The Hall–Kier alpha value is -1.11. The number of carbonyl (C=O) groups is 1. The average Bonchev–Trinajstić information content (AvgIpc) is 2.75. The van der Waals surface area contributed by atoms with Crippen LogP contribution in [0, 0.1) is 0 Å². The number of hydrogen-bond donors (Lipinski definition) is 4. The van der Waals surface area contributed by atoms with E-state index in [1.165, 1.54) is 0 Å². The highest BCUT2D eigenvalue weighted by molar-refractivity contribution is 5.85. The number of carboxylic acid groups (broad SMARTS) is 1. The molecule has 94 valence electrons. The molecule has 1 heterocycles. The van der Waals surface area contributed by atoms with Crippen LogP contribution in [0.15, 0.2) is 18.7 Å². The fraction of sp³-hybridized carbons (Fsp3) is 0.556. The zero-order valence-electron chi connectivity index (χ0n) is 9.00. The number of aromatic amines is 1. The molecule has 0 saturated heterocycles. The van der Waals surface area contributed by atoms with Crippen molar-refractivity contribution in [2.75, 3.05) is 6.54 Å². The van der Waals surface area contributed by atoms with E-state index in [1.54, 1.807) is 18.7 Å². The van der Waals surface area contributed by atoms with Gasteiger partial charge in [0.2, 0.25) is 0 Å². The smallest absolute Gasteiger partial charge is 0.320 e. The van der Waals surface area contributed by atoms with Crippen LogP contribution >= 0.6 is 12.4 Å². The Morgan fingerprint density at radius 3 is 2.50 bits per heavy atom. The number of carboxylic acids is 1. The second-order valence-electron chi connectivity index (χ2n) is 2.99. The van der Waals surface area contributed by atoms with Crippen molar-refractivity contribution in [3.8, 4) is 0 Å². The first-order chi connectivity index (χ1) is 7.18. The third-order valence-electron chi connectivity index (χ3n) is 1.69. The summed E-state index contributed by atoms with van der Waals surface area (Å²) >= 11 is 0. The highest BCUT2D eigenvalue weighted by Crippen LogP contribution is 1.96. The Morgan fingerprint density at radius 1 is 1.50 bits per heavy atom. The Bertz CT molecular complexity index is 226. The van der Waals surface area contributed by atoms with Crippen LogP contribution in [0.25, 0.3) is 0 Å². The predicted octanol–water partition coefficient (Wildman–Crippen LogP) is 0.359. The Morgan fingerprint density at radius 2 is 2.19 bits per heavy atom. The van der Waals surface area contributed by atoms with Crippen LogP contribution in [0.5, 0.6) is 0 Å². The maximum absolute atomic E-state index is 10.1. The summed E-state index contributed by atoms with van der Waals surface area (Å²) < 4.78 is 0. The number of imidazole rings is 1. The van der Waals surface area contributed by atoms with Gasteiger partial charge in [-0.25, -0.2) is 4.98 Å². The summed E-state index contributed by atoms with van der Waals surface area (Å²) in [5, 5.41) is 8.33. The molecule has 0 amide bonds. The molecule has 7 heteroatoms. The third-order valence-corrected chi connectivity index (χ3v) is 1.69. The van der Waals surface area contributed by atoms with Gasteiger partial charge < -0.3 is 21.6 Å². The van der Waals surface area contributed by atoms with E-state index in [-0.39, 0.29) is 12.4 Å². The summed E-state index contributed by atoms with van der Waals surface area (Å²) in [6.45, 7) is 0.604. The molecule has 0 spiro atoms. The van der Waals surface area contributed by atoms with Crippen molar-refractivity contribution in [2.45, 2.75) is 25.3 Å². The molecule has 1 rings (SSSR count). The van der Waals surface area contributed by atoms with Crippen LogP contribution in [0.3, 0.4) is 0 Å². The lowest BCUT2D eigenvalue weighted by atomic mass is 10.1. The van der Waals surface area contributed by atoms with Gasteiger partial charge in [-0.1, -0.05) is 6.42 Å². The highest BCUT2D eigenvalue weighted by atomic mass is 35.5. The van der Waals surface area contributed by atoms with Gasteiger partial charge in [0, 0.05) is 12.4 Å². The van der Waals surface area contributed by atoms with Crippen LogP contribution in [-0.4, -0.2) is 33.6 Å². The van der Waals surface area contributed by atoms with E-state index < -0.39 is 12.0 Å². The van der Waals surface area contributed by atoms with Crippen molar-refractivity contribution < 1.29 is 9.90 Å². The summed E-state index contributed by atoms with van der Waals surface area (Å²) in [7, 11) is 0. The maximum atomic E-state index is 10.1. The minimum atomic E-state index is -0.933. The lowest BCUT2D eigenvalue weighted by Crippen LogP contribution is -2.29. The minimum absolute atomic E-state index is 0. The molecule has 1 atom stereocenters. The Balaban J connectivity index is 0. The van der Waals surface area contributed by atoms with E-state index in [0.29, 0.717) is 13.0 Å². The number of rotatable bonds is 5. The van der Waals surface area contributed by atoms with Crippen molar-refractivity contribution in [2.24, 2.45) is 11.5 Å². The van der Waals surface area contributed by atoms with Gasteiger partial charge in [0.05, 0.1) is 6.33 Å². The summed E-state index contributed by atoms with van der Waals surface area (Å²) in [5.41, 5.74) is 10.4. The first kappa shape index (κ1) is 17.3. The number of aromatic nitrogens is 2. The molecule has 0 fully saturated rings. The molecule has 16 heavy (non-hydrogen) atoms. The molecule has 0 aliphatic carbocycles. The number of nitrogens with two attached hydrogens (primary N) is 2. The van der Waals surface area contributed by atoms with Crippen molar-refractivity contribution in [1.29, 1.82) is 0 Å². The second-order valence-corrected chi connectivity index (χ2v) is 2.99. The minimum Gasteiger partial charge on any atom is -0.480 e. The summed E-state index contributed by atoms with van der Waals surface area (Å²) in [4.78, 5) is 16.6. The molecule has 0 aliphatic rings. The number of aliphatic carboxylic acids is 1. The summed E-state index contributed by atoms with van der Waals surface area (Å²) in [6, 6.07) is -0.716. The molecule has 6 nitrogen and oxygen atoms in total. The van der Waals surface area contributed by atoms with Crippen molar-refractivity contribution in [3.05, 3.63) is 18.7 Å². The van der Waals surface area contributed by atoms with Crippen molar-refractivity contribution >= 4 is 18.4 Å². The highest BCUT2D eigenvalue weighted by Gasteiger charge is 2.09. The predicted molar refractivity (Wildman–Crippen MR) is 64.4 cm³/mol. The second kappa shape index (κ2) is 12.0. The van der Waals surface area contributed by atoms with E-state index in [9.17, 15) is 4.79 Å². The molecule has 6 N–H and O–H groups in total. The van der Waals surface area contributed by atoms with E-state index in [1.807, 2.05) is 0 Å². The number of unbranched alkanes of at least 4 members (excludes halogenated alkanes) is 1. The normalized spacial score (nSPS) is 10.6. The largest absolute Gasteiger partial charge is 0.480 e. The molecule has 0 radical (unpaired) electrons. The first-order valence-electron chi connectivity index (χ1n) is 4.79. The van der Waals surface area contributed by atoms with Crippen molar-refractivity contribution in [1.82, 2.24) is 9.97 Å². The molecule has 0 saturated carbocycles. The fourth-order valence-electron chi connectivity index (χ4n) is 0.847. The van der Waals surface area contributed by atoms with E-state index in [2.05, 4.69) is 9.97 Å². The van der Waals surface area contributed by atoms with Gasteiger partial charge in [-0.3, -0.25) is 4.79 Å². The number of halogens is 1. The molecule has 0 aromatic carbocycles. The lowest BCUT2D eigenvalue weighted by Gasteiger charge is -2.03. The quantitative estimate of drug-likeness (QED) is 0.563. The number of nitrogens with one attached hydrogen (secondary N) is 1. The van der Waals surface area contributed by atoms with E-state index >= 15 is 0 Å². The fourth-order valence-corrected chi connectivity index (χ4v) is 0.847. The molecular formula is C9H19ClN4O2. The Kier molecular flexibility index (Phi) is 12.9. The van der Waals surface area contributed by atoms with Gasteiger partial charge >= 0.3 is 5.97 Å². The molecular weight excluding hydrogens is 232 g/mol. The third kappa shape index (κ3) is 11.0. The summed E-state index contributed by atoms with van der Waals surface area (Å²) in [6.07, 6.45) is 7.25. The van der Waals surface area contributed by atoms with Gasteiger partial charge in [-0.15, -0.1) is 12.4 Å². The molecule has 0 unspecified atom stereocenters. The van der Waals surface area contributed by atoms with E-state index in [4.69, 9.17) is 16.6 Å². The van der Waals surface area contributed by atoms with Crippen LogP contribution in [0.2, 0.25) is 0 Å². The molecule has 1 aromatic heterocycles. The molecule has 0 bridgehead atoms. The number of H-pyrrole nitrogens is 1. The lowest BCUT2D eigenvalue weighted by molar-refractivity contribution is -0.138. The zero-order chi connectivity index (χ0) is 11.5. The molecule has 1 aromatic rings. The standard InChI is InChI=1S/C6H14N2O2.C3H4N2.ClH/c7-4-2-1-3-5(8)6(9)10;1-2-5-3-4-1;/h5H,1-4,7-8H2,(H,9,10);1-3H,(H,4,5);1H/t5-;;/m0../s1. The zero-order valence-corrected chi connectivity index (χ0v) is 9.82. The SMILES string of the molecule is Cl.NCCCC[C@H](N)C(=O)O.c1c[nH]cn1. The van der Waals surface area contributed by atoms with Crippen LogP contribution in [0.1, 0.15) is 19.3 Å². The number of hydrogen-bond acceptors (Lipinski definition) is 4. The van der Waals surface area contributed by atoms with Crippen LogP contribution < -0.4 is 11.5 Å². The Labute approximate surface area is 101 Å². The van der Waals surface area contributed by atoms with Crippen LogP contribution in [-0.2, 0) is 4.79 Å². The molecule has 0 aliphatic heterocycles. The topological polar surface area (TPSA) is 118 Å². The number of nitrogens with zero attached hydrogens (tertiary/aromatic N) is 1. The van der Waals surface area contributed by atoms with Gasteiger partial charge in [-0.2, -0.15) is 0 Å². The first-order valence-corrected chi connectivity index (χ1v) is 4.79. The maximum Gasteiger partial charge on any atom is 0.320 e. The monoisotopic (exact) mass is 250 g/mol. The van der Waals surface area contributed by atoms with Crippen LogP contribution in [0.4, 0.5) is 0 Å². The van der Waals surface area contributed by atoms with E-state index in [0.717, 1.165) is 12.8 Å². The van der Waals surface area contributed by atoms with Gasteiger partial charge in [0.1, 0.15) is 6.04 Å². The summed E-state index contributed by atoms with van der Waals surface area (Å²) in [5.74, 6) is -0.933. The van der Waals surface area contributed by atoms with Gasteiger partial charge in [0.25, 0.3) is 0 Å². The average molecular weight is 251 g/mol. The van der Waals surface area contributed by atoms with Crippen molar-refractivity contribution in [3.63, 3.8) is 0 Å². The van der Waals surface area contributed by atoms with Gasteiger partial charge in [0.15, 0.2) is 0 Å². The van der Waals surface area contributed by atoms with Gasteiger partial charge in [-0.05, 0) is 19.4 Å².